The zero-order valence-electron chi connectivity index (χ0n) is 9.78. The van der Waals surface area contributed by atoms with E-state index in [1.54, 1.807) is 0 Å². The van der Waals surface area contributed by atoms with Gasteiger partial charge in [-0.2, -0.15) is 0 Å². The Labute approximate surface area is 92.8 Å². The lowest BCUT2D eigenvalue weighted by molar-refractivity contribution is 0.0837. The lowest BCUT2D eigenvalue weighted by atomic mass is 10.0. The molecule has 3 saturated heterocycles. The van der Waals surface area contributed by atoms with E-state index >= 15 is 0 Å². The molecule has 0 aromatic heterocycles. The maximum Gasteiger partial charge on any atom is 0.0348 e. The van der Waals surface area contributed by atoms with E-state index in [0.29, 0.717) is 0 Å². The summed E-state index contributed by atoms with van der Waals surface area (Å²) in [6.45, 7) is 8.72. The molecule has 3 heteroatoms. The first kappa shape index (κ1) is 10.1. The van der Waals surface area contributed by atoms with Crippen LogP contribution in [0.1, 0.15) is 26.2 Å². The summed E-state index contributed by atoms with van der Waals surface area (Å²) in [6, 6.07) is 2.59. The highest BCUT2D eigenvalue weighted by molar-refractivity contribution is 5.00. The van der Waals surface area contributed by atoms with Gasteiger partial charge in [-0.3, -0.25) is 9.80 Å². The van der Waals surface area contributed by atoms with Crippen LogP contribution in [0, 0.1) is 0 Å². The smallest absolute Gasteiger partial charge is 0.0348 e. The predicted molar refractivity (Wildman–Crippen MR) is 62.0 cm³/mol. The number of rotatable bonds is 3. The molecule has 15 heavy (non-hydrogen) atoms. The van der Waals surface area contributed by atoms with Crippen LogP contribution in [0.2, 0.25) is 0 Å². The lowest BCUT2D eigenvalue weighted by Gasteiger charge is -2.43. The minimum atomic E-state index is 0.834. The Morgan fingerprint density at radius 2 is 2.13 bits per heavy atom. The van der Waals surface area contributed by atoms with Gasteiger partial charge in [-0.25, -0.2) is 0 Å². The summed E-state index contributed by atoms with van der Waals surface area (Å²) in [5.74, 6) is 0. The Hall–Kier alpha value is -0.120. The van der Waals surface area contributed by atoms with Gasteiger partial charge in [0.25, 0.3) is 0 Å². The van der Waals surface area contributed by atoms with Gasteiger partial charge in [0.05, 0.1) is 0 Å². The van der Waals surface area contributed by atoms with Gasteiger partial charge < -0.3 is 5.32 Å². The molecule has 3 nitrogen and oxygen atoms in total. The van der Waals surface area contributed by atoms with Gasteiger partial charge in [0.1, 0.15) is 0 Å². The Morgan fingerprint density at radius 1 is 1.27 bits per heavy atom. The topological polar surface area (TPSA) is 18.5 Å². The number of fused-ring (bicyclic) bond motifs is 1. The first-order valence-electron chi connectivity index (χ1n) is 6.60. The maximum absolute atomic E-state index is 3.40. The van der Waals surface area contributed by atoms with Gasteiger partial charge >= 0.3 is 0 Å². The van der Waals surface area contributed by atoms with Crippen LogP contribution in [0.4, 0.5) is 0 Å². The molecule has 3 heterocycles. The van der Waals surface area contributed by atoms with Crippen molar-refractivity contribution in [3.05, 3.63) is 0 Å². The van der Waals surface area contributed by atoms with Crippen LogP contribution in [0.3, 0.4) is 0 Å². The Bertz CT molecular complexity index is 227. The predicted octanol–water partition coefficient (Wildman–Crippen LogP) is 0.517. The summed E-state index contributed by atoms with van der Waals surface area (Å²) in [4.78, 5) is 5.49. The number of hydrogen-bond donors (Lipinski definition) is 1. The molecule has 2 unspecified atom stereocenters. The highest BCUT2D eigenvalue weighted by atomic mass is 15.3. The van der Waals surface area contributed by atoms with E-state index in [9.17, 15) is 0 Å². The van der Waals surface area contributed by atoms with Crippen molar-refractivity contribution in [3.63, 3.8) is 0 Å². The maximum atomic E-state index is 3.40. The second-order valence-corrected chi connectivity index (χ2v) is 5.24. The lowest BCUT2D eigenvalue weighted by Crippen LogP contribution is -2.61. The Morgan fingerprint density at radius 3 is 2.80 bits per heavy atom. The normalized spacial score (nSPS) is 37.2. The van der Waals surface area contributed by atoms with Crippen molar-refractivity contribution in [2.75, 3.05) is 32.7 Å². The molecule has 0 spiro atoms. The third-order valence-electron chi connectivity index (χ3n) is 4.59. The van der Waals surface area contributed by atoms with Crippen LogP contribution in [0.15, 0.2) is 0 Å². The van der Waals surface area contributed by atoms with E-state index < -0.39 is 0 Å². The summed E-state index contributed by atoms with van der Waals surface area (Å²) >= 11 is 0. The summed E-state index contributed by atoms with van der Waals surface area (Å²) in [6.07, 6.45) is 4.29. The molecule has 2 atom stereocenters. The average Bonchev–Trinajstić information content (AvgIpc) is 2.72. The van der Waals surface area contributed by atoms with Gasteiger partial charge in [-0.1, -0.05) is 6.92 Å². The highest BCUT2D eigenvalue weighted by Gasteiger charge is 2.42. The SMILES string of the molecule is CCN(C1CNC1)C1CCN2CCCC12. The molecule has 0 aliphatic carbocycles. The molecule has 0 saturated carbocycles. The second kappa shape index (κ2) is 4.04. The standard InChI is InChI=1S/C12H23N3/c1-2-15(10-8-13-9-10)12-5-7-14-6-3-4-11(12)14/h10-13H,2-9H2,1H3. The zero-order chi connectivity index (χ0) is 10.3. The van der Waals surface area contributed by atoms with E-state index in [4.69, 9.17) is 0 Å². The zero-order valence-corrected chi connectivity index (χ0v) is 9.78. The molecule has 1 N–H and O–H groups in total. The van der Waals surface area contributed by atoms with E-state index in [2.05, 4.69) is 22.0 Å². The fourth-order valence-corrected chi connectivity index (χ4v) is 3.71. The fraction of sp³-hybridized carbons (Fsp3) is 1.00. The molecule has 0 aromatic rings. The van der Waals surface area contributed by atoms with Crippen LogP contribution in [0.25, 0.3) is 0 Å². The van der Waals surface area contributed by atoms with Crippen molar-refractivity contribution in [2.45, 2.75) is 44.3 Å². The third kappa shape index (κ3) is 1.61. The van der Waals surface area contributed by atoms with Crippen LogP contribution >= 0.6 is 0 Å². The summed E-state index contributed by atoms with van der Waals surface area (Å²) < 4.78 is 0. The third-order valence-corrected chi connectivity index (χ3v) is 4.59. The summed E-state index contributed by atoms with van der Waals surface area (Å²) in [5, 5.41) is 3.40. The van der Waals surface area contributed by atoms with Gasteiger partial charge in [0, 0.05) is 37.8 Å². The van der Waals surface area contributed by atoms with Crippen LogP contribution in [-0.4, -0.2) is 60.6 Å². The van der Waals surface area contributed by atoms with Crippen molar-refractivity contribution in [1.29, 1.82) is 0 Å². The average molecular weight is 209 g/mol. The number of nitrogens with zero attached hydrogens (tertiary/aromatic N) is 2. The van der Waals surface area contributed by atoms with E-state index in [1.807, 2.05) is 0 Å². The molecule has 0 bridgehead atoms. The first-order valence-corrected chi connectivity index (χ1v) is 6.60. The van der Waals surface area contributed by atoms with Crippen molar-refractivity contribution in [3.8, 4) is 0 Å². The number of nitrogens with one attached hydrogen (secondary N) is 1. The molecule has 3 aliphatic rings. The molecular formula is C12H23N3. The summed E-state index contributed by atoms with van der Waals surface area (Å²) in [5.41, 5.74) is 0. The molecule has 3 aliphatic heterocycles. The molecular weight excluding hydrogens is 186 g/mol. The van der Waals surface area contributed by atoms with Crippen LogP contribution < -0.4 is 5.32 Å². The van der Waals surface area contributed by atoms with Crippen molar-refractivity contribution < 1.29 is 0 Å². The molecule has 0 radical (unpaired) electrons. The van der Waals surface area contributed by atoms with Crippen LogP contribution in [0.5, 0.6) is 0 Å². The first-order chi connectivity index (χ1) is 7.40. The molecule has 0 amide bonds. The minimum Gasteiger partial charge on any atom is -0.314 e. The molecule has 86 valence electrons. The molecule has 0 aromatic carbocycles. The number of hydrogen-bond acceptors (Lipinski definition) is 3. The van der Waals surface area contributed by atoms with Gasteiger partial charge in [-0.05, 0) is 32.4 Å². The van der Waals surface area contributed by atoms with Crippen molar-refractivity contribution >= 4 is 0 Å². The quantitative estimate of drug-likeness (QED) is 0.731. The summed E-state index contributed by atoms with van der Waals surface area (Å²) in [7, 11) is 0. The Kier molecular flexibility index (Phi) is 2.71. The second-order valence-electron chi connectivity index (χ2n) is 5.24. The highest BCUT2D eigenvalue weighted by Crippen LogP contribution is 2.32. The largest absolute Gasteiger partial charge is 0.314 e. The monoisotopic (exact) mass is 209 g/mol. The fourth-order valence-electron chi connectivity index (χ4n) is 3.71. The Balaban J connectivity index is 1.68. The molecule has 3 rings (SSSR count). The van der Waals surface area contributed by atoms with E-state index in [1.165, 1.54) is 52.0 Å². The van der Waals surface area contributed by atoms with Crippen molar-refractivity contribution in [2.24, 2.45) is 0 Å². The number of likely N-dealkylation sites (N-methyl/N-ethyl adjacent to an activating group) is 1. The van der Waals surface area contributed by atoms with E-state index in [0.717, 1.165) is 18.1 Å². The van der Waals surface area contributed by atoms with Crippen LogP contribution in [-0.2, 0) is 0 Å². The minimum absolute atomic E-state index is 0.834. The van der Waals surface area contributed by atoms with Gasteiger partial charge in [0.15, 0.2) is 0 Å². The van der Waals surface area contributed by atoms with Gasteiger partial charge in [0.2, 0.25) is 0 Å². The molecule has 3 fully saturated rings. The van der Waals surface area contributed by atoms with Gasteiger partial charge in [-0.15, -0.1) is 0 Å². The van der Waals surface area contributed by atoms with E-state index in [-0.39, 0.29) is 0 Å². The van der Waals surface area contributed by atoms with Crippen molar-refractivity contribution in [1.82, 2.24) is 15.1 Å².